The Morgan fingerprint density at radius 2 is 2.00 bits per heavy atom. The Morgan fingerprint density at radius 1 is 1.29 bits per heavy atom. The topological polar surface area (TPSA) is 69.8 Å². The van der Waals surface area contributed by atoms with Gasteiger partial charge in [-0.2, -0.15) is 5.10 Å². The molecule has 1 aliphatic rings. The molecule has 3 N–H and O–H groups in total. The Hall–Kier alpha value is -2.30. The number of amides is 1. The van der Waals surface area contributed by atoms with Gasteiger partial charge < -0.3 is 10.6 Å². The number of benzene rings is 1. The summed E-state index contributed by atoms with van der Waals surface area (Å²) in [5.74, 6) is 0.0190. The smallest absolute Gasteiger partial charge is 0.251 e. The number of H-pyrrole nitrogens is 1. The Balaban J connectivity index is 1.60. The predicted molar refractivity (Wildman–Crippen MR) is 82.3 cm³/mol. The summed E-state index contributed by atoms with van der Waals surface area (Å²) in [7, 11) is 0. The number of aryl methyl sites for hydroxylation is 2. The summed E-state index contributed by atoms with van der Waals surface area (Å²) < 4.78 is 0. The minimum absolute atomic E-state index is 0.0190. The summed E-state index contributed by atoms with van der Waals surface area (Å²) in [5, 5.41) is 13.5. The second kappa shape index (κ2) is 5.60. The Morgan fingerprint density at radius 3 is 2.57 bits per heavy atom. The van der Waals surface area contributed by atoms with Crippen molar-refractivity contribution in [2.45, 2.75) is 39.3 Å². The van der Waals surface area contributed by atoms with Gasteiger partial charge in [0.15, 0.2) is 0 Å². The number of aromatic amines is 1. The van der Waals surface area contributed by atoms with E-state index in [0.717, 1.165) is 36.5 Å². The van der Waals surface area contributed by atoms with Crippen LogP contribution in [0.5, 0.6) is 0 Å². The molecule has 0 unspecified atom stereocenters. The van der Waals surface area contributed by atoms with E-state index < -0.39 is 0 Å². The molecule has 2 aromatic rings. The highest BCUT2D eigenvalue weighted by atomic mass is 16.1. The van der Waals surface area contributed by atoms with Crippen molar-refractivity contribution >= 4 is 11.6 Å². The van der Waals surface area contributed by atoms with Crippen LogP contribution in [-0.2, 0) is 6.54 Å². The third-order valence-electron chi connectivity index (χ3n) is 3.81. The van der Waals surface area contributed by atoms with Gasteiger partial charge in [-0.15, -0.1) is 0 Å². The molecule has 1 aromatic carbocycles. The maximum atomic E-state index is 11.9. The molecule has 0 aliphatic heterocycles. The zero-order valence-electron chi connectivity index (χ0n) is 12.4. The fourth-order valence-corrected chi connectivity index (χ4v) is 2.26. The summed E-state index contributed by atoms with van der Waals surface area (Å²) in [6, 6.07) is 7.98. The van der Waals surface area contributed by atoms with Gasteiger partial charge in [-0.1, -0.05) is 0 Å². The van der Waals surface area contributed by atoms with Gasteiger partial charge in [-0.05, 0) is 51.0 Å². The summed E-state index contributed by atoms with van der Waals surface area (Å²) in [4.78, 5) is 11.9. The van der Waals surface area contributed by atoms with Gasteiger partial charge in [0.25, 0.3) is 5.91 Å². The third kappa shape index (κ3) is 3.24. The number of nitrogens with one attached hydrogen (secondary N) is 3. The number of rotatable bonds is 5. The quantitative estimate of drug-likeness (QED) is 0.790. The molecule has 1 amide bonds. The summed E-state index contributed by atoms with van der Waals surface area (Å²) in [6.45, 7) is 4.73. The number of anilines is 1. The second-order valence-electron chi connectivity index (χ2n) is 5.59. The lowest BCUT2D eigenvalue weighted by atomic mass is 10.1. The first-order valence-electron chi connectivity index (χ1n) is 7.28. The third-order valence-corrected chi connectivity index (χ3v) is 3.81. The van der Waals surface area contributed by atoms with Crippen LogP contribution in [0.15, 0.2) is 24.3 Å². The lowest BCUT2D eigenvalue weighted by molar-refractivity contribution is 0.0951. The summed E-state index contributed by atoms with van der Waals surface area (Å²) in [5.41, 5.74) is 4.99. The number of carbonyl (C=O) groups excluding carboxylic acids is 1. The molecule has 0 atom stereocenters. The monoisotopic (exact) mass is 284 g/mol. The van der Waals surface area contributed by atoms with Crippen molar-refractivity contribution in [1.29, 1.82) is 0 Å². The van der Waals surface area contributed by atoms with E-state index in [1.54, 1.807) is 0 Å². The molecule has 0 radical (unpaired) electrons. The average molecular weight is 284 g/mol. The van der Waals surface area contributed by atoms with Crippen LogP contribution >= 0.6 is 0 Å². The molecule has 21 heavy (non-hydrogen) atoms. The molecule has 1 fully saturated rings. The SMILES string of the molecule is Cc1n[nH]c(C)c1CNc1ccc(C(=O)NC2CC2)cc1. The molecule has 110 valence electrons. The number of carbonyl (C=O) groups is 1. The van der Waals surface area contributed by atoms with E-state index in [1.165, 1.54) is 5.56 Å². The lowest BCUT2D eigenvalue weighted by Gasteiger charge is -2.08. The highest BCUT2D eigenvalue weighted by Gasteiger charge is 2.23. The maximum Gasteiger partial charge on any atom is 0.251 e. The van der Waals surface area contributed by atoms with Crippen molar-refractivity contribution in [1.82, 2.24) is 15.5 Å². The molecule has 1 saturated carbocycles. The van der Waals surface area contributed by atoms with Gasteiger partial charge in [-0.3, -0.25) is 9.89 Å². The second-order valence-corrected chi connectivity index (χ2v) is 5.59. The van der Waals surface area contributed by atoms with Crippen molar-refractivity contribution in [2.75, 3.05) is 5.32 Å². The van der Waals surface area contributed by atoms with Crippen LogP contribution in [0, 0.1) is 13.8 Å². The van der Waals surface area contributed by atoms with Crippen LogP contribution in [0.3, 0.4) is 0 Å². The van der Waals surface area contributed by atoms with Gasteiger partial charge >= 0.3 is 0 Å². The van der Waals surface area contributed by atoms with E-state index in [4.69, 9.17) is 0 Å². The lowest BCUT2D eigenvalue weighted by Crippen LogP contribution is -2.25. The minimum Gasteiger partial charge on any atom is -0.381 e. The fraction of sp³-hybridized carbons (Fsp3) is 0.375. The fourth-order valence-electron chi connectivity index (χ4n) is 2.26. The molecule has 1 heterocycles. The Labute approximate surface area is 124 Å². The predicted octanol–water partition coefficient (Wildman–Crippen LogP) is 2.53. The van der Waals surface area contributed by atoms with Gasteiger partial charge in [-0.25, -0.2) is 0 Å². The van der Waals surface area contributed by atoms with Gasteiger partial charge in [0.05, 0.1) is 5.69 Å². The standard InChI is InChI=1S/C16H20N4O/c1-10-15(11(2)20-19-10)9-17-13-5-3-12(4-6-13)16(21)18-14-7-8-14/h3-6,14,17H,7-9H2,1-2H3,(H,18,21)(H,19,20). The van der Waals surface area contributed by atoms with Crippen LogP contribution in [0.1, 0.15) is 40.2 Å². The molecule has 0 saturated heterocycles. The molecule has 1 aliphatic carbocycles. The Kier molecular flexibility index (Phi) is 3.64. The molecular formula is C16H20N4O. The van der Waals surface area contributed by atoms with Crippen molar-refractivity contribution in [2.24, 2.45) is 0 Å². The molecule has 3 rings (SSSR count). The van der Waals surface area contributed by atoms with Crippen LogP contribution in [0.25, 0.3) is 0 Å². The van der Waals surface area contributed by atoms with Crippen LogP contribution in [-0.4, -0.2) is 22.1 Å². The van der Waals surface area contributed by atoms with E-state index in [1.807, 2.05) is 38.1 Å². The summed E-state index contributed by atoms with van der Waals surface area (Å²) >= 11 is 0. The zero-order valence-corrected chi connectivity index (χ0v) is 12.4. The minimum atomic E-state index is 0.0190. The van der Waals surface area contributed by atoms with Crippen molar-refractivity contribution in [3.63, 3.8) is 0 Å². The van der Waals surface area contributed by atoms with Gasteiger partial charge in [0.2, 0.25) is 0 Å². The van der Waals surface area contributed by atoms with Crippen LogP contribution in [0.2, 0.25) is 0 Å². The zero-order chi connectivity index (χ0) is 14.8. The maximum absolute atomic E-state index is 11.9. The number of aromatic nitrogens is 2. The number of hydrogen-bond acceptors (Lipinski definition) is 3. The first kappa shape index (κ1) is 13.7. The summed E-state index contributed by atoms with van der Waals surface area (Å²) in [6.07, 6.45) is 2.21. The first-order valence-corrected chi connectivity index (χ1v) is 7.28. The molecule has 0 bridgehead atoms. The highest BCUT2D eigenvalue weighted by Crippen LogP contribution is 2.20. The van der Waals surface area contributed by atoms with E-state index in [9.17, 15) is 4.79 Å². The van der Waals surface area contributed by atoms with E-state index >= 15 is 0 Å². The first-order chi connectivity index (χ1) is 10.1. The van der Waals surface area contributed by atoms with E-state index in [2.05, 4.69) is 20.8 Å². The van der Waals surface area contributed by atoms with Crippen LogP contribution < -0.4 is 10.6 Å². The van der Waals surface area contributed by atoms with Crippen molar-refractivity contribution < 1.29 is 4.79 Å². The average Bonchev–Trinajstić information content (AvgIpc) is 3.24. The van der Waals surface area contributed by atoms with E-state index in [-0.39, 0.29) is 5.91 Å². The van der Waals surface area contributed by atoms with Crippen molar-refractivity contribution in [3.8, 4) is 0 Å². The molecular weight excluding hydrogens is 264 g/mol. The highest BCUT2D eigenvalue weighted by molar-refractivity contribution is 5.94. The van der Waals surface area contributed by atoms with Gasteiger partial charge in [0.1, 0.15) is 0 Å². The van der Waals surface area contributed by atoms with Crippen molar-refractivity contribution in [3.05, 3.63) is 46.8 Å². The van der Waals surface area contributed by atoms with Gasteiger partial charge in [0, 0.05) is 35.1 Å². The molecule has 5 nitrogen and oxygen atoms in total. The van der Waals surface area contributed by atoms with E-state index in [0.29, 0.717) is 11.6 Å². The van der Waals surface area contributed by atoms with Crippen LogP contribution in [0.4, 0.5) is 5.69 Å². The normalized spacial score (nSPS) is 14.0. The largest absolute Gasteiger partial charge is 0.381 e. The molecule has 1 aromatic heterocycles. The number of nitrogens with zero attached hydrogens (tertiary/aromatic N) is 1. The number of hydrogen-bond donors (Lipinski definition) is 3. The molecule has 0 spiro atoms. The Bertz CT molecular complexity index is 621. The molecule has 5 heteroatoms.